The molecule has 0 unspecified atom stereocenters. The average Bonchev–Trinajstić information content (AvgIpc) is 3.35. The Kier molecular flexibility index (Phi) is 20.9. The van der Waals surface area contributed by atoms with Crippen LogP contribution >= 0.6 is 11.8 Å². The van der Waals surface area contributed by atoms with Gasteiger partial charge in [0.2, 0.25) is 0 Å². The van der Waals surface area contributed by atoms with Gasteiger partial charge in [0.1, 0.15) is 0 Å². The average molecular weight is 517 g/mol. The normalized spacial score (nSPS) is 25.5. The highest BCUT2D eigenvalue weighted by molar-refractivity contribution is 7.99. The highest BCUT2D eigenvalue weighted by Crippen LogP contribution is 2.06. The molecular weight excluding hydrogens is 456 g/mol. The van der Waals surface area contributed by atoms with Crippen LogP contribution in [0, 0.1) is 0 Å². The fraction of sp³-hybridized carbons (Fsp3) is 1.00. The smallest absolute Gasteiger partial charge is 0.0594 e. The molecule has 7 nitrogen and oxygen atoms in total. The minimum Gasteiger partial charge on any atom is -0.379 e. The van der Waals surface area contributed by atoms with E-state index < -0.39 is 0 Å². The van der Waals surface area contributed by atoms with Crippen LogP contribution in [0.3, 0.4) is 0 Å². The number of thioether (sulfide) groups is 1. The van der Waals surface area contributed by atoms with Crippen LogP contribution in [0.2, 0.25) is 0 Å². The molecule has 0 aromatic heterocycles. The lowest BCUT2D eigenvalue weighted by atomic mass is 10.1. The second kappa shape index (κ2) is 22.1. The van der Waals surface area contributed by atoms with Crippen molar-refractivity contribution in [3.05, 3.63) is 0 Å². The quantitative estimate of drug-likeness (QED) is 0.484. The lowest BCUT2D eigenvalue weighted by Gasteiger charge is -2.28. The molecule has 0 aliphatic carbocycles. The van der Waals surface area contributed by atoms with Crippen LogP contribution < -0.4 is 0 Å². The second-order valence-corrected chi connectivity index (χ2v) is 12.0. The van der Waals surface area contributed by atoms with Crippen molar-refractivity contribution in [3.8, 4) is 0 Å². The summed E-state index contributed by atoms with van der Waals surface area (Å²) in [4.78, 5) is 14.1. The van der Waals surface area contributed by atoms with Crippen LogP contribution in [0.15, 0.2) is 0 Å². The van der Waals surface area contributed by atoms with E-state index in [1.807, 2.05) is 0 Å². The van der Waals surface area contributed by atoms with Crippen molar-refractivity contribution < 1.29 is 4.74 Å². The largest absolute Gasteiger partial charge is 0.379 e. The molecule has 210 valence electrons. The molecule has 0 spiro atoms. The minimum atomic E-state index is 0.913. The first-order valence-electron chi connectivity index (χ1n) is 14.1. The summed E-state index contributed by atoms with van der Waals surface area (Å²) in [6, 6.07) is 0. The summed E-state index contributed by atoms with van der Waals surface area (Å²) in [5, 5.41) is 0. The molecule has 5 aliphatic heterocycles. The van der Waals surface area contributed by atoms with Crippen molar-refractivity contribution >= 4 is 11.8 Å². The van der Waals surface area contributed by atoms with E-state index in [0.29, 0.717) is 0 Å². The summed E-state index contributed by atoms with van der Waals surface area (Å²) in [6.07, 6.45) is 7.10. The summed E-state index contributed by atoms with van der Waals surface area (Å²) in [6.45, 7) is 16.8. The Morgan fingerprint density at radius 3 is 0.914 bits per heavy atom. The molecule has 0 amide bonds. The highest BCUT2D eigenvalue weighted by atomic mass is 32.2. The van der Waals surface area contributed by atoms with E-state index in [9.17, 15) is 0 Å². The molecule has 5 rings (SSSR count). The Morgan fingerprint density at radius 2 is 0.686 bits per heavy atom. The van der Waals surface area contributed by atoms with Gasteiger partial charge in [0, 0.05) is 63.9 Å². The summed E-state index contributed by atoms with van der Waals surface area (Å²) in [7, 11) is 13.0. The molecule has 0 N–H and O–H groups in total. The van der Waals surface area contributed by atoms with E-state index in [2.05, 4.69) is 83.4 Å². The van der Waals surface area contributed by atoms with Gasteiger partial charge in [-0.2, -0.15) is 11.8 Å². The molecule has 0 aromatic rings. The molecule has 0 bridgehead atoms. The summed E-state index contributed by atoms with van der Waals surface area (Å²) >= 11 is 2.06. The fourth-order valence-electron chi connectivity index (χ4n) is 4.14. The van der Waals surface area contributed by atoms with Crippen molar-refractivity contribution in [1.29, 1.82) is 0 Å². The maximum Gasteiger partial charge on any atom is 0.0594 e. The van der Waals surface area contributed by atoms with Gasteiger partial charge in [0.05, 0.1) is 13.2 Å². The Balaban J connectivity index is 0.000000219. The van der Waals surface area contributed by atoms with Crippen LogP contribution in [0.5, 0.6) is 0 Å². The highest BCUT2D eigenvalue weighted by Gasteiger charge is 2.08. The number of nitrogens with zero attached hydrogens (tertiary/aromatic N) is 6. The van der Waals surface area contributed by atoms with Crippen molar-refractivity contribution in [2.75, 3.05) is 146 Å². The third-order valence-corrected chi connectivity index (χ3v) is 8.05. The van der Waals surface area contributed by atoms with Gasteiger partial charge in [-0.15, -0.1) is 0 Å². The minimum absolute atomic E-state index is 0.913. The van der Waals surface area contributed by atoms with Crippen molar-refractivity contribution in [2.24, 2.45) is 0 Å². The molecule has 0 saturated carbocycles. The van der Waals surface area contributed by atoms with Crippen LogP contribution in [-0.2, 0) is 4.74 Å². The maximum atomic E-state index is 5.10. The molecule has 35 heavy (non-hydrogen) atoms. The summed E-state index contributed by atoms with van der Waals surface area (Å²) in [5.41, 5.74) is 0. The van der Waals surface area contributed by atoms with Crippen LogP contribution in [0.25, 0.3) is 0 Å². The van der Waals surface area contributed by atoms with Gasteiger partial charge in [-0.3, -0.25) is 0 Å². The van der Waals surface area contributed by atoms with E-state index >= 15 is 0 Å². The van der Waals surface area contributed by atoms with E-state index in [-0.39, 0.29) is 0 Å². The number of hydrogen-bond donors (Lipinski definition) is 0. The third-order valence-electron chi connectivity index (χ3n) is 7.11. The number of hydrogen-bond acceptors (Lipinski definition) is 8. The van der Waals surface area contributed by atoms with Crippen LogP contribution in [-0.4, -0.2) is 175 Å². The molecule has 0 aromatic carbocycles. The summed E-state index contributed by atoms with van der Waals surface area (Å²) in [5.74, 6) is 2.66. The van der Waals surface area contributed by atoms with Gasteiger partial charge in [0.25, 0.3) is 0 Å². The molecule has 0 atom stereocenters. The summed E-state index contributed by atoms with van der Waals surface area (Å²) < 4.78 is 5.10. The fourth-order valence-corrected chi connectivity index (χ4v) is 5.23. The topological polar surface area (TPSA) is 28.7 Å². The number of piperazine rings is 1. The van der Waals surface area contributed by atoms with E-state index in [1.54, 1.807) is 0 Å². The van der Waals surface area contributed by atoms with Gasteiger partial charge in [-0.05, 0) is 94.1 Å². The molecule has 5 saturated heterocycles. The molecule has 0 radical (unpaired) electrons. The molecule has 5 fully saturated rings. The molecule has 5 heterocycles. The number of likely N-dealkylation sites (tertiary alicyclic amines) is 2. The van der Waals surface area contributed by atoms with Gasteiger partial charge in [-0.1, -0.05) is 6.42 Å². The van der Waals surface area contributed by atoms with E-state index in [4.69, 9.17) is 4.74 Å². The zero-order chi connectivity index (χ0) is 25.7. The number of rotatable bonds is 0. The predicted molar refractivity (Wildman–Crippen MR) is 156 cm³/mol. The Hall–Kier alpha value is 0.0700. The van der Waals surface area contributed by atoms with Gasteiger partial charge in [-0.25, -0.2) is 0 Å². The Labute approximate surface area is 223 Å². The zero-order valence-corrected chi connectivity index (χ0v) is 25.2. The number of likely N-dealkylation sites (N-methyl/N-ethyl adjacent to an activating group) is 3. The first kappa shape index (κ1) is 33.1. The Morgan fingerprint density at radius 1 is 0.371 bits per heavy atom. The first-order valence-corrected chi connectivity index (χ1v) is 15.3. The van der Waals surface area contributed by atoms with E-state index in [0.717, 1.165) is 26.3 Å². The number of piperidine rings is 1. The molecule has 8 heteroatoms. The second-order valence-electron chi connectivity index (χ2n) is 10.8. The van der Waals surface area contributed by atoms with Crippen molar-refractivity contribution in [2.45, 2.75) is 32.1 Å². The Bertz CT molecular complexity index is 395. The monoisotopic (exact) mass is 516 g/mol. The predicted octanol–water partition coefficient (Wildman–Crippen LogP) is 2.29. The molecule has 5 aliphatic rings. The van der Waals surface area contributed by atoms with Crippen molar-refractivity contribution in [1.82, 2.24) is 29.4 Å². The zero-order valence-electron chi connectivity index (χ0n) is 24.3. The lowest BCUT2D eigenvalue weighted by molar-refractivity contribution is 0.0503. The molecular formula is C27H60N6OS. The van der Waals surface area contributed by atoms with Gasteiger partial charge >= 0.3 is 0 Å². The third kappa shape index (κ3) is 20.8. The maximum absolute atomic E-state index is 5.10. The van der Waals surface area contributed by atoms with Crippen molar-refractivity contribution in [3.63, 3.8) is 0 Å². The first-order chi connectivity index (χ1) is 16.9. The number of morpholine rings is 1. The standard InChI is InChI=1S/C6H14N2.C6H13N.C5H11NO.C5H11NS.C5H11N/c1-7-3-5-8(2)6-4-7;1-7-5-3-2-4-6-7;2*1-6-2-4-7-5-3-6;1-6-4-2-3-5-6/h3-6H2,1-2H3;2-6H2,1H3;2*2-5H2,1H3;2-5H2,1H3. The van der Waals surface area contributed by atoms with Gasteiger partial charge < -0.3 is 34.1 Å². The van der Waals surface area contributed by atoms with E-state index in [1.165, 1.54) is 109 Å². The SMILES string of the molecule is CN1CCCC1.CN1CCCCC1.CN1CCN(C)CC1.CN1CCOCC1.CN1CCSCC1. The van der Waals surface area contributed by atoms with Gasteiger partial charge in [0.15, 0.2) is 0 Å². The van der Waals surface area contributed by atoms with Crippen LogP contribution in [0.1, 0.15) is 32.1 Å². The number of ether oxygens (including phenoxy) is 1. The van der Waals surface area contributed by atoms with Crippen LogP contribution in [0.4, 0.5) is 0 Å². The lowest BCUT2D eigenvalue weighted by Crippen LogP contribution is -2.42.